The number of benzene rings is 2. The molecule has 0 aliphatic rings. The summed E-state index contributed by atoms with van der Waals surface area (Å²) in [6, 6.07) is 15.3. The summed E-state index contributed by atoms with van der Waals surface area (Å²) in [5, 5.41) is 3.00. The fourth-order valence-corrected chi connectivity index (χ4v) is 2.09. The van der Waals surface area contributed by atoms with Crippen molar-refractivity contribution in [2.45, 2.75) is 25.6 Å². The van der Waals surface area contributed by atoms with Gasteiger partial charge in [-0.15, -0.1) is 0 Å². The quantitative estimate of drug-likeness (QED) is 0.821. The minimum Gasteiger partial charge on any atom is -0.378 e. The molecular formula is C16H16F3N. The van der Waals surface area contributed by atoms with Gasteiger partial charge in [-0.25, -0.2) is 0 Å². The van der Waals surface area contributed by atoms with Crippen molar-refractivity contribution in [2.75, 3.05) is 5.32 Å². The highest BCUT2D eigenvalue weighted by atomic mass is 19.4. The van der Waals surface area contributed by atoms with Gasteiger partial charge in [-0.3, -0.25) is 0 Å². The Bertz CT molecular complexity index is 549. The van der Waals surface area contributed by atoms with Crippen LogP contribution in [0.1, 0.15) is 23.6 Å². The molecule has 2 aromatic rings. The summed E-state index contributed by atoms with van der Waals surface area (Å²) in [6.07, 6.45) is -5.11. The Labute approximate surface area is 116 Å². The Morgan fingerprint density at radius 2 is 1.55 bits per heavy atom. The van der Waals surface area contributed by atoms with Crippen LogP contribution in [0.15, 0.2) is 54.6 Å². The van der Waals surface area contributed by atoms with E-state index in [-0.39, 0.29) is 0 Å². The minimum atomic E-state index is -4.21. The Morgan fingerprint density at radius 1 is 0.950 bits per heavy atom. The van der Waals surface area contributed by atoms with E-state index < -0.39 is 18.6 Å². The van der Waals surface area contributed by atoms with Crippen molar-refractivity contribution < 1.29 is 13.2 Å². The Hall–Kier alpha value is -1.97. The predicted molar refractivity (Wildman–Crippen MR) is 74.7 cm³/mol. The molecular weight excluding hydrogens is 263 g/mol. The van der Waals surface area contributed by atoms with E-state index in [9.17, 15) is 13.2 Å². The van der Waals surface area contributed by atoms with Gasteiger partial charge >= 0.3 is 6.18 Å². The number of nitrogens with one attached hydrogen (secondary N) is 1. The molecule has 0 amide bonds. The lowest BCUT2D eigenvalue weighted by atomic mass is 10.0. The van der Waals surface area contributed by atoms with Gasteiger partial charge in [-0.05, 0) is 24.1 Å². The summed E-state index contributed by atoms with van der Waals surface area (Å²) < 4.78 is 38.3. The molecule has 1 unspecified atom stereocenters. The smallest absolute Gasteiger partial charge is 0.378 e. The highest BCUT2D eigenvalue weighted by Crippen LogP contribution is 2.32. The van der Waals surface area contributed by atoms with E-state index in [1.807, 2.05) is 25.1 Å². The lowest BCUT2D eigenvalue weighted by Gasteiger charge is -2.23. The summed E-state index contributed by atoms with van der Waals surface area (Å²) in [5.74, 6) is 0. The number of anilines is 1. The van der Waals surface area contributed by atoms with E-state index in [1.54, 1.807) is 36.4 Å². The van der Waals surface area contributed by atoms with Crippen molar-refractivity contribution in [3.8, 4) is 0 Å². The van der Waals surface area contributed by atoms with Gasteiger partial charge in [0.2, 0.25) is 0 Å². The largest absolute Gasteiger partial charge is 0.391 e. The van der Waals surface area contributed by atoms with E-state index in [1.165, 1.54) is 0 Å². The van der Waals surface area contributed by atoms with Crippen molar-refractivity contribution in [1.29, 1.82) is 0 Å². The summed E-state index contributed by atoms with van der Waals surface area (Å²) in [6.45, 7) is 1.87. The molecule has 2 aromatic carbocycles. The third-order valence-corrected chi connectivity index (χ3v) is 3.11. The van der Waals surface area contributed by atoms with Crippen molar-refractivity contribution in [3.05, 3.63) is 65.7 Å². The maximum absolute atomic E-state index is 12.8. The van der Waals surface area contributed by atoms with Crippen LogP contribution in [-0.2, 0) is 0 Å². The molecule has 2 rings (SSSR count). The third-order valence-electron chi connectivity index (χ3n) is 3.11. The molecule has 1 atom stereocenters. The van der Waals surface area contributed by atoms with Crippen molar-refractivity contribution in [2.24, 2.45) is 0 Å². The summed E-state index contributed by atoms with van der Waals surface area (Å²) in [5.41, 5.74) is 2.29. The number of halogens is 3. The Balaban J connectivity index is 2.26. The van der Waals surface area contributed by atoms with Crippen LogP contribution < -0.4 is 5.32 Å². The van der Waals surface area contributed by atoms with Crippen LogP contribution in [0.25, 0.3) is 0 Å². The summed E-state index contributed by atoms with van der Waals surface area (Å²) in [7, 11) is 0. The topological polar surface area (TPSA) is 12.0 Å². The van der Waals surface area contributed by atoms with Crippen LogP contribution >= 0.6 is 0 Å². The fraction of sp³-hybridized carbons (Fsp3) is 0.250. The second kappa shape index (κ2) is 5.99. The van der Waals surface area contributed by atoms with Crippen LogP contribution in [0.4, 0.5) is 18.9 Å². The lowest BCUT2D eigenvalue weighted by Crippen LogP contribution is -2.20. The normalized spacial score (nSPS) is 13.0. The third kappa shape index (κ3) is 4.02. The molecule has 20 heavy (non-hydrogen) atoms. The zero-order chi connectivity index (χ0) is 14.6. The summed E-state index contributed by atoms with van der Waals surface area (Å²) in [4.78, 5) is 0. The zero-order valence-corrected chi connectivity index (χ0v) is 11.1. The summed E-state index contributed by atoms with van der Waals surface area (Å²) >= 11 is 0. The first kappa shape index (κ1) is 14.4. The molecule has 0 fully saturated rings. The molecule has 4 heteroatoms. The van der Waals surface area contributed by atoms with Gasteiger partial charge in [0.1, 0.15) is 0 Å². The van der Waals surface area contributed by atoms with Crippen LogP contribution in [0.2, 0.25) is 0 Å². The maximum atomic E-state index is 12.8. The van der Waals surface area contributed by atoms with Crippen LogP contribution in [0.5, 0.6) is 0 Å². The number of alkyl halides is 3. The molecule has 106 valence electrons. The van der Waals surface area contributed by atoms with E-state index in [2.05, 4.69) is 5.32 Å². The molecule has 0 aliphatic carbocycles. The van der Waals surface area contributed by atoms with Gasteiger partial charge in [0.25, 0.3) is 0 Å². The standard InChI is InChI=1S/C16H16F3N/c1-12-7-5-6-10-14(12)20-15(11-16(17,18)19)13-8-3-2-4-9-13/h2-10,15,20H,11H2,1H3. The van der Waals surface area contributed by atoms with E-state index in [0.717, 1.165) is 11.3 Å². The monoisotopic (exact) mass is 279 g/mol. The molecule has 1 N–H and O–H groups in total. The SMILES string of the molecule is Cc1ccccc1NC(CC(F)(F)F)c1ccccc1. The second-order valence-corrected chi connectivity index (χ2v) is 4.74. The second-order valence-electron chi connectivity index (χ2n) is 4.74. The number of rotatable bonds is 4. The number of para-hydroxylation sites is 1. The molecule has 1 nitrogen and oxygen atoms in total. The number of hydrogen-bond acceptors (Lipinski definition) is 1. The van der Waals surface area contributed by atoms with Crippen LogP contribution in [-0.4, -0.2) is 6.18 Å². The van der Waals surface area contributed by atoms with Gasteiger partial charge in [-0.1, -0.05) is 48.5 Å². The van der Waals surface area contributed by atoms with Crippen LogP contribution in [0.3, 0.4) is 0 Å². The molecule has 0 radical (unpaired) electrons. The average molecular weight is 279 g/mol. The van der Waals surface area contributed by atoms with Gasteiger partial charge in [0.15, 0.2) is 0 Å². The number of aryl methyl sites for hydroxylation is 1. The first-order valence-corrected chi connectivity index (χ1v) is 6.39. The Kier molecular flexibility index (Phi) is 4.32. The zero-order valence-electron chi connectivity index (χ0n) is 11.1. The first-order chi connectivity index (χ1) is 9.46. The minimum absolute atomic E-state index is 0.632. The molecule has 0 aliphatic heterocycles. The molecule has 0 saturated carbocycles. The molecule has 0 saturated heterocycles. The van der Waals surface area contributed by atoms with E-state index in [4.69, 9.17) is 0 Å². The molecule has 0 bridgehead atoms. The van der Waals surface area contributed by atoms with Crippen molar-refractivity contribution in [1.82, 2.24) is 0 Å². The van der Waals surface area contributed by atoms with Gasteiger partial charge in [0, 0.05) is 5.69 Å². The lowest BCUT2D eigenvalue weighted by molar-refractivity contribution is -0.137. The molecule has 0 spiro atoms. The van der Waals surface area contributed by atoms with Crippen molar-refractivity contribution >= 4 is 5.69 Å². The van der Waals surface area contributed by atoms with Gasteiger partial charge < -0.3 is 5.32 Å². The molecule has 0 aromatic heterocycles. The molecule has 0 heterocycles. The van der Waals surface area contributed by atoms with Gasteiger partial charge in [-0.2, -0.15) is 13.2 Å². The average Bonchev–Trinajstić information content (AvgIpc) is 2.40. The van der Waals surface area contributed by atoms with E-state index >= 15 is 0 Å². The highest BCUT2D eigenvalue weighted by molar-refractivity contribution is 5.52. The van der Waals surface area contributed by atoms with Crippen LogP contribution in [0, 0.1) is 6.92 Å². The van der Waals surface area contributed by atoms with E-state index in [0.29, 0.717) is 5.56 Å². The highest BCUT2D eigenvalue weighted by Gasteiger charge is 2.32. The van der Waals surface area contributed by atoms with Crippen molar-refractivity contribution in [3.63, 3.8) is 0 Å². The maximum Gasteiger partial charge on any atom is 0.391 e. The fourth-order valence-electron chi connectivity index (χ4n) is 2.09. The predicted octanol–water partition coefficient (Wildman–Crippen LogP) is 5.10. The Morgan fingerprint density at radius 3 is 2.15 bits per heavy atom. The first-order valence-electron chi connectivity index (χ1n) is 6.39. The van der Waals surface area contributed by atoms with Gasteiger partial charge in [0.05, 0.1) is 12.5 Å². The number of hydrogen-bond donors (Lipinski definition) is 1.